The normalized spacial score (nSPS) is 12.7. The molecule has 3 rings (SSSR count). The number of aryl methyl sites for hydroxylation is 1. The van der Waals surface area contributed by atoms with E-state index in [9.17, 15) is 8.42 Å². The molecular formula is C16H16N2O3S2. The molecule has 5 nitrogen and oxygen atoms in total. The molecule has 1 aromatic heterocycles. The van der Waals surface area contributed by atoms with Crippen molar-refractivity contribution in [1.82, 2.24) is 4.57 Å². The average Bonchev–Trinajstić information content (AvgIpc) is 2.90. The van der Waals surface area contributed by atoms with Crippen LogP contribution in [-0.2, 0) is 16.6 Å². The van der Waals surface area contributed by atoms with Crippen LogP contribution >= 0.6 is 11.3 Å². The highest BCUT2D eigenvalue weighted by atomic mass is 32.2. The number of thiazole rings is 1. The summed E-state index contributed by atoms with van der Waals surface area (Å²) in [6, 6.07) is 13.9. The summed E-state index contributed by atoms with van der Waals surface area (Å²) in [5.74, 6) is 0.736. The minimum atomic E-state index is -3.73. The fourth-order valence-corrected chi connectivity index (χ4v) is 4.65. The van der Waals surface area contributed by atoms with Gasteiger partial charge < -0.3 is 9.30 Å². The predicted octanol–water partition coefficient (Wildman–Crippen LogP) is 3.02. The van der Waals surface area contributed by atoms with Crippen molar-refractivity contribution in [2.24, 2.45) is 4.40 Å². The summed E-state index contributed by atoms with van der Waals surface area (Å²) in [4.78, 5) is 0.650. The average molecular weight is 348 g/mol. The maximum atomic E-state index is 12.5. The summed E-state index contributed by atoms with van der Waals surface area (Å²) in [6.07, 6.45) is 0. The molecule has 1 heterocycles. The zero-order valence-corrected chi connectivity index (χ0v) is 14.4. The van der Waals surface area contributed by atoms with Gasteiger partial charge in [0, 0.05) is 6.54 Å². The topological polar surface area (TPSA) is 60.7 Å². The van der Waals surface area contributed by atoms with Crippen molar-refractivity contribution in [3.8, 4) is 5.75 Å². The summed E-state index contributed by atoms with van der Waals surface area (Å²) in [6.45, 7) is 2.60. The summed E-state index contributed by atoms with van der Waals surface area (Å²) >= 11 is 1.34. The Labute approximate surface area is 138 Å². The van der Waals surface area contributed by atoms with Gasteiger partial charge in [0.15, 0.2) is 0 Å². The van der Waals surface area contributed by atoms with E-state index in [1.54, 1.807) is 37.4 Å². The second kappa shape index (κ2) is 6.17. The summed E-state index contributed by atoms with van der Waals surface area (Å²) in [7, 11) is -2.12. The molecule has 2 aromatic carbocycles. The zero-order valence-electron chi connectivity index (χ0n) is 12.8. The number of benzene rings is 2. The monoisotopic (exact) mass is 348 g/mol. The predicted molar refractivity (Wildman–Crippen MR) is 91.2 cm³/mol. The molecular weight excluding hydrogens is 332 g/mol. The first-order chi connectivity index (χ1) is 11.0. The molecule has 0 bridgehead atoms. The lowest BCUT2D eigenvalue weighted by Gasteiger charge is -2.02. The quantitative estimate of drug-likeness (QED) is 0.728. The molecule has 23 heavy (non-hydrogen) atoms. The van der Waals surface area contributed by atoms with Gasteiger partial charge in [0.1, 0.15) is 5.75 Å². The lowest BCUT2D eigenvalue weighted by Crippen LogP contribution is -2.16. The molecule has 0 spiro atoms. The molecule has 0 atom stereocenters. The van der Waals surface area contributed by atoms with E-state index in [4.69, 9.17) is 4.74 Å². The highest BCUT2D eigenvalue weighted by Crippen LogP contribution is 2.23. The Morgan fingerprint density at radius 1 is 1.17 bits per heavy atom. The number of aromatic nitrogens is 1. The summed E-state index contributed by atoms with van der Waals surface area (Å²) in [5, 5.41) is 0. The summed E-state index contributed by atoms with van der Waals surface area (Å²) < 4.78 is 37.0. The fraction of sp³-hybridized carbons (Fsp3) is 0.188. The first-order valence-corrected chi connectivity index (χ1v) is 9.34. The lowest BCUT2D eigenvalue weighted by molar-refractivity contribution is 0.415. The van der Waals surface area contributed by atoms with Crippen molar-refractivity contribution in [2.75, 3.05) is 7.11 Å². The van der Waals surface area contributed by atoms with Gasteiger partial charge in [-0.1, -0.05) is 29.5 Å². The Balaban J connectivity index is 2.23. The van der Waals surface area contributed by atoms with Crippen molar-refractivity contribution in [3.05, 3.63) is 53.3 Å². The van der Waals surface area contributed by atoms with Crippen LogP contribution in [0.4, 0.5) is 0 Å². The number of hydrogen-bond donors (Lipinski definition) is 0. The van der Waals surface area contributed by atoms with Gasteiger partial charge >= 0.3 is 0 Å². The van der Waals surface area contributed by atoms with E-state index in [1.807, 2.05) is 29.7 Å². The molecule has 0 fully saturated rings. The number of ether oxygens (including phenoxy) is 1. The second-order valence-corrected chi connectivity index (χ2v) is 7.46. The van der Waals surface area contributed by atoms with E-state index in [-0.39, 0.29) is 4.90 Å². The largest absolute Gasteiger partial charge is 0.497 e. The van der Waals surface area contributed by atoms with E-state index in [0.717, 1.165) is 16.0 Å². The van der Waals surface area contributed by atoms with Gasteiger partial charge in [-0.05, 0) is 37.3 Å². The van der Waals surface area contributed by atoms with Crippen LogP contribution in [0.3, 0.4) is 0 Å². The van der Waals surface area contributed by atoms with Crippen LogP contribution in [0.1, 0.15) is 6.92 Å². The first-order valence-electron chi connectivity index (χ1n) is 7.08. The van der Waals surface area contributed by atoms with E-state index >= 15 is 0 Å². The van der Waals surface area contributed by atoms with Crippen molar-refractivity contribution in [1.29, 1.82) is 0 Å². The molecule has 0 aliphatic rings. The maximum absolute atomic E-state index is 12.5. The van der Waals surface area contributed by atoms with Crippen LogP contribution in [0.2, 0.25) is 0 Å². The Morgan fingerprint density at radius 3 is 2.57 bits per heavy atom. The van der Waals surface area contributed by atoms with E-state index in [2.05, 4.69) is 4.40 Å². The molecule has 120 valence electrons. The fourth-order valence-electron chi connectivity index (χ4n) is 2.30. The minimum absolute atomic E-state index is 0.192. The highest BCUT2D eigenvalue weighted by Gasteiger charge is 2.14. The number of sulfonamides is 1. The number of fused-ring (bicyclic) bond motifs is 1. The second-order valence-electron chi connectivity index (χ2n) is 4.84. The maximum Gasteiger partial charge on any atom is 0.285 e. The summed E-state index contributed by atoms with van der Waals surface area (Å²) in [5.41, 5.74) is 0.945. The third-order valence-corrected chi connectivity index (χ3v) is 5.88. The Bertz CT molecular complexity index is 1000. The van der Waals surface area contributed by atoms with Crippen LogP contribution in [0, 0.1) is 0 Å². The minimum Gasteiger partial charge on any atom is -0.497 e. The third kappa shape index (κ3) is 3.02. The van der Waals surface area contributed by atoms with Crippen molar-refractivity contribution >= 4 is 31.6 Å². The van der Waals surface area contributed by atoms with Gasteiger partial charge in [0.25, 0.3) is 10.0 Å². The van der Waals surface area contributed by atoms with Gasteiger partial charge in [-0.25, -0.2) is 0 Å². The van der Waals surface area contributed by atoms with Crippen LogP contribution in [0.25, 0.3) is 10.2 Å². The van der Waals surface area contributed by atoms with Gasteiger partial charge in [-0.3, -0.25) is 0 Å². The molecule has 0 saturated carbocycles. The van der Waals surface area contributed by atoms with Crippen LogP contribution in [0.5, 0.6) is 5.75 Å². The van der Waals surface area contributed by atoms with Gasteiger partial charge in [-0.2, -0.15) is 8.42 Å². The standard InChI is InChI=1S/C16H16N2O3S2/c1-3-18-14-10-9-12(21-2)11-15(14)22-16(18)17-23(19,20)13-7-5-4-6-8-13/h4-11H,3H2,1-2H3/b17-16-. The first kappa shape index (κ1) is 15.8. The Morgan fingerprint density at radius 2 is 1.91 bits per heavy atom. The highest BCUT2D eigenvalue weighted by molar-refractivity contribution is 7.90. The number of hydrogen-bond acceptors (Lipinski definition) is 4. The molecule has 0 saturated heterocycles. The molecule has 0 amide bonds. The van der Waals surface area contributed by atoms with Crippen LogP contribution < -0.4 is 9.54 Å². The molecule has 0 aliphatic carbocycles. The molecule has 0 unspecified atom stereocenters. The lowest BCUT2D eigenvalue weighted by atomic mass is 10.3. The Hall–Kier alpha value is -2.12. The van der Waals surface area contributed by atoms with Crippen molar-refractivity contribution in [2.45, 2.75) is 18.4 Å². The zero-order chi connectivity index (χ0) is 16.4. The molecule has 3 aromatic rings. The van der Waals surface area contributed by atoms with E-state index in [0.29, 0.717) is 11.3 Å². The molecule has 0 N–H and O–H groups in total. The van der Waals surface area contributed by atoms with Gasteiger partial charge in [0.05, 0.1) is 22.2 Å². The number of nitrogens with zero attached hydrogens (tertiary/aromatic N) is 2. The van der Waals surface area contributed by atoms with E-state index < -0.39 is 10.0 Å². The smallest absolute Gasteiger partial charge is 0.285 e. The number of methoxy groups -OCH3 is 1. The Kier molecular flexibility index (Phi) is 4.23. The van der Waals surface area contributed by atoms with E-state index in [1.165, 1.54) is 11.3 Å². The third-order valence-electron chi connectivity index (χ3n) is 3.45. The molecule has 0 radical (unpaired) electrons. The van der Waals surface area contributed by atoms with Gasteiger partial charge in [-0.15, -0.1) is 4.40 Å². The van der Waals surface area contributed by atoms with Crippen molar-refractivity contribution in [3.63, 3.8) is 0 Å². The molecule has 0 aliphatic heterocycles. The SMILES string of the molecule is CCn1/c(=N/S(=O)(=O)c2ccccc2)sc2cc(OC)ccc21. The van der Waals surface area contributed by atoms with Crippen LogP contribution in [0.15, 0.2) is 57.8 Å². The van der Waals surface area contributed by atoms with Crippen LogP contribution in [-0.4, -0.2) is 20.1 Å². The van der Waals surface area contributed by atoms with Crippen molar-refractivity contribution < 1.29 is 13.2 Å². The number of rotatable bonds is 4. The molecule has 7 heteroatoms. The van der Waals surface area contributed by atoms with Gasteiger partial charge in [0.2, 0.25) is 4.80 Å².